The summed E-state index contributed by atoms with van der Waals surface area (Å²) >= 11 is 0. The highest BCUT2D eigenvalue weighted by Gasteiger charge is 2.27. The topological polar surface area (TPSA) is 64.4 Å². The van der Waals surface area contributed by atoms with Gasteiger partial charge < -0.3 is 15.8 Å². The molecular formula is C9H14N2O2. The zero-order chi connectivity index (χ0) is 9.26. The van der Waals surface area contributed by atoms with E-state index in [0.29, 0.717) is 13.2 Å². The Morgan fingerprint density at radius 3 is 2.69 bits per heavy atom. The third-order valence-electron chi connectivity index (χ3n) is 2.44. The molecular weight excluding hydrogens is 168 g/mol. The van der Waals surface area contributed by atoms with Gasteiger partial charge in [-0.15, -0.1) is 0 Å². The van der Waals surface area contributed by atoms with E-state index in [0.717, 1.165) is 6.42 Å². The van der Waals surface area contributed by atoms with E-state index in [1.807, 2.05) is 12.2 Å². The second-order valence-corrected chi connectivity index (χ2v) is 3.63. The smallest absolute Gasteiger partial charge is 0.227 e. The van der Waals surface area contributed by atoms with E-state index >= 15 is 0 Å². The summed E-state index contributed by atoms with van der Waals surface area (Å²) in [6, 6.07) is 0.270. The fraction of sp³-hybridized carbons (Fsp3) is 0.667. The molecule has 0 aromatic rings. The number of ether oxygens (including phenoxy) is 1. The summed E-state index contributed by atoms with van der Waals surface area (Å²) in [6.45, 7) is 1.29. The maximum absolute atomic E-state index is 11.5. The van der Waals surface area contributed by atoms with Crippen molar-refractivity contribution in [2.75, 3.05) is 13.2 Å². The Kier molecular flexibility index (Phi) is 2.33. The highest BCUT2D eigenvalue weighted by Crippen LogP contribution is 2.16. The maximum atomic E-state index is 11.5. The first-order valence-corrected chi connectivity index (χ1v) is 4.58. The number of nitrogens with two attached hydrogens (primary N) is 1. The molecule has 1 aliphatic heterocycles. The van der Waals surface area contributed by atoms with Crippen molar-refractivity contribution in [2.45, 2.75) is 18.5 Å². The molecule has 13 heavy (non-hydrogen) atoms. The van der Waals surface area contributed by atoms with E-state index < -0.39 is 0 Å². The molecule has 2 atom stereocenters. The fourth-order valence-corrected chi connectivity index (χ4v) is 1.55. The lowest BCUT2D eigenvalue weighted by Crippen LogP contribution is -2.50. The van der Waals surface area contributed by atoms with Crippen LogP contribution in [-0.2, 0) is 9.53 Å². The van der Waals surface area contributed by atoms with Crippen LogP contribution in [0.15, 0.2) is 12.2 Å². The van der Waals surface area contributed by atoms with Gasteiger partial charge in [-0.1, -0.05) is 12.2 Å². The summed E-state index contributed by atoms with van der Waals surface area (Å²) < 4.78 is 4.96. The standard InChI is InChI=1S/C9H14N2O2/c10-7-2-1-6(3-7)9(12)11-8-4-13-5-8/h1-2,6-8H,3-5,10H2,(H,11,12). The van der Waals surface area contributed by atoms with Crippen LogP contribution < -0.4 is 11.1 Å². The lowest BCUT2D eigenvalue weighted by atomic mass is 10.1. The first-order valence-electron chi connectivity index (χ1n) is 4.58. The highest BCUT2D eigenvalue weighted by molar-refractivity contribution is 5.81. The Balaban J connectivity index is 1.80. The van der Waals surface area contributed by atoms with Gasteiger partial charge in [0.15, 0.2) is 0 Å². The van der Waals surface area contributed by atoms with Crippen molar-refractivity contribution >= 4 is 5.91 Å². The molecule has 1 saturated heterocycles. The van der Waals surface area contributed by atoms with Crippen molar-refractivity contribution in [2.24, 2.45) is 11.7 Å². The molecule has 0 bridgehead atoms. The second kappa shape index (κ2) is 3.47. The highest BCUT2D eigenvalue weighted by atomic mass is 16.5. The third kappa shape index (κ3) is 1.89. The van der Waals surface area contributed by atoms with E-state index in [1.165, 1.54) is 0 Å². The molecule has 72 valence electrons. The van der Waals surface area contributed by atoms with Gasteiger partial charge >= 0.3 is 0 Å². The van der Waals surface area contributed by atoms with Gasteiger partial charge in [0.1, 0.15) is 0 Å². The number of nitrogens with one attached hydrogen (secondary N) is 1. The predicted octanol–water partition coefficient (Wildman–Crippen LogP) is -0.595. The molecule has 2 unspecified atom stereocenters. The zero-order valence-electron chi connectivity index (χ0n) is 7.40. The number of hydrogen-bond donors (Lipinski definition) is 2. The summed E-state index contributed by atoms with van der Waals surface area (Å²) in [5.74, 6) is 0.0492. The first-order chi connectivity index (χ1) is 6.25. The monoisotopic (exact) mass is 182 g/mol. The summed E-state index contributed by atoms with van der Waals surface area (Å²) in [6.07, 6.45) is 4.51. The van der Waals surface area contributed by atoms with Crippen LogP contribution in [0.4, 0.5) is 0 Å². The molecule has 1 aliphatic carbocycles. The normalized spacial score (nSPS) is 33.0. The molecule has 2 aliphatic rings. The van der Waals surface area contributed by atoms with Crippen molar-refractivity contribution in [3.63, 3.8) is 0 Å². The Hall–Kier alpha value is -0.870. The molecule has 1 heterocycles. The van der Waals surface area contributed by atoms with E-state index in [1.54, 1.807) is 0 Å². The van der Waals surface area contributed by atoms with Crippen LogP contribution in [0, 0.1) is 5.92 Å². The molecule has 1 amide bonds. The average molecular weight is 182 g/mol. The Labute approximate surface area is 77.1 Å². The summed E-state index contributed by atoms with van der Waals surface area (Å²) in [5, 5.41) is 2.91. The van der Waals surface area contributed by atoms with Gasteiger partial charge in [-0.3, -0.25) is 4.79 Å². The number of rotatable bonds is 2. The maximum Gasteiger partial charge on any atom is 0.227 e. The van der Waals surface area contributed by atoms with Crippen molar-refractivity contribution in [3.8, 4) is 0 Å². The van der Waals surface area contributed by atoms with Crippen LogP contribution in [0.1, 0.15) is 6.42 Å². The molecule has 4 heteroatoms. The third-order valence-corrected chi connectivity index (χ3v) is 2.44. The molecule has 0 aromatic carbocycles. The molecule has 4 nitrogen and oxygen atoms in total. The van der Waals surface area contributed by atoms with Gasteiger partial charge in [-0.25, -0.2) is 0 Å². The second-order valence-electron chi connectivity index (χ2n) is 3.63. The molecule has 3 N–H and O–H groups in total. The van der Waals surface area contributed by atoms with Crippen molar-refractivity contribution in [1.82, 2.24) is 5.32 Å². The predicted molar refractivity (Wildman–Crippen MR) is 48.0 cm³/mol. The summed E-state index contributed by atoms with van der Waals surface area (Å²) in [7, 11) is 0. The van der Waals surface area contributed by atoms with Crippen LogP contribution in [0.5, 0.6) is 0 Å². The minimum Gasteiger partial charge on any atom is -0.377 e. The van der Waals surface area contributed by atoms with Crippen molar-refractivity contribution in [3.05, 3.63) is 12.2 Å². The van der Waals surface area contributed by atoms with Crippen LogP contribution in [0.3, 0.4) is 0 Å². The van der Waals surface area contributed by atoms with Crippen LogP contribution >= 0.6 is 0 Å². The number of hydrogen-bond acceptors (Lipinski definition) is 3. The van der Waals surface area contributed by atoms with Gasteiger partial charge in [-0.2, -0.15) is 0 Å². The number of carbonyl (C=O) groups excluding carboxylic acids is 1. The van der Waals surface area contributed by atoms with E-state index in [2.05, 4.69) is 5.32 Å². The van der Waals surface area contributed by atoms with Crippen LogP contribution in [0.25, 0.3) is 0 Å². The minimum absolute atomic E-state index is 0.0319. The number of amides is 1. The lowest BCUT2D eigenvalue weighted by molar-refractivity contribution is -0.127. The minimum atomic E-state index is -0.0319. The first kappa shape index (κ1) is 8.72. The van der Waals surface area contributed by atoms with Gasteiger partial charge in [-0.05, 0) is 6.42 Å². The van der Waals surface area contributed by atoms with Crippen molar-refractivity contribution in [1.29, 1.82) is 0 Å². The lowest BCUT2D eigenvalue weighted by Gasteiger charge is -2.27. The molecule has 0 radical (unpaired) electrons. The molecule has 0 saturated carbocycles. The van der Waals surface area contributed by atoms with Gasteiger partial charge in [0.05, 0.1) is 25.2 Å². The molecule has 0 aromatic heterocycles. The van der Waals surface area contributed by atoms with E-state index in [-0.39, 0.29) is 23.9 Å². The van der Waals surface area contributed by atoms with Crippen LogP contribution in [0.2, 0.25) is 0 Å². The summed E-state index contributed by atoms with van der Waals surface area (Å²) in [5.41, 5.74) is 5.65. The van der Waals surface area contributed by atoms with Gasteiger partial charge in [0.25, 0.3) is 0 Å². The summed E-state index contributed by atoms with van der Waals surface area (Å²) in [4.78, 5) is 11.5. The quantitative estimate of drug-likeness (QED) is 0.561. The average Bonchev–Trinajstić information content (AvgIpc) is 2.44. The van der Waals surface area contributed by atoms with Crippen LogP contribution in [-0.4, -0.2) is 31.2 Å². The van der Waals surface area contributed by atoms with Gasteiger partial charge in [0, 0.05) is 6.04 Å². The zero-order valence-corrected chi connectivity index (χ0v) is 7.40. The van der Waals surface area contributed by atoms with Crippen molar-refractivity contribution < 1.29 is 9.53 Å². The fourth-order valence-electron chi connectivity index (χ4n) is 1.55. The Morgan fingerprint density at radius 2 is 2.23 bits per heavy atom. The number of carbonyl (C=O) groups is 1. The Morgan fingerprint density at radius 1 is 1.46 bits per heavy atom. The molecule has 0 spiro atoms. The SMILES string of the molecule is NC1C=CC(C(=O)NC2COC2)C1. The molecule has 2 rings (SSSR count). The van der Waals surface area contributed by atoms with Gasteiger partial charge in [0.2, 0.25) is 5.91 Å². The largest absolute Gasteiger partial charge is 0.377 e. The van der Waals surface area contributed by atoms with E-state index in [9.17, 15) is 4.79 Å². The van der Waals surface area contributed by atoms with E-state index in [4.69, 9.17) is 10.5 Å². The molecule has 1 fully saturated rings. The Bertz CT molecular complexity index is 236.